The molecule has 21 heavy (non-hydrogen) atoms. The number of hydrogen-bond donors (Lipinski definition) is 1. The van der Waals surface area contributed by atoms with Crippen LogP contribution in [0.1, 0.15) is 30.9 Å². The first kappa shape index (κ1) is 15.5. The summed E-state index contributed by atoms with van der Waals surface area (Å²) in [6.07, 6.45) is 1.09. The number of aliphatic carboxylic acids is 1. The Balaban J connectivity index is 1.96. The number of methoxy groups -OCH3 is 1. The van der Waals surface area contributed by atoms with Crippen LogP contribution in [0.4, 0.5) is 0 Å². The normalized spacial score (nSPS) is 17.5. The Morgan fingerprint density at radius 1 is 1.29 bits per heavy atom. The monoisotopic (exact) mass is 291 g/mol. The van der Waals surface area contributed by atoms with Gasteiger partial charge in [0.25, 0.3) is 5.91 Å². The number of amides is 1. The van der Waals surface area contributed by atoms with Crippen molar-refractivity contribution in [2.45, 2.75) is 25.4 Å². The predicted molar refractivity (Wildman–Crippen MR) is 77.7 cm³/mol. The van der Waals surface area contributed by atoms with Crippen LogP contribution in [0.5, 0.6) is 0 Å². The summed E-state index contributed by atoms with van der Waals surface area (Å²) in [5.41, 5.74) is 0.845. The number of piperidine rings is 1. The number of carboxylic acid groups (broad SMARTS) is 1. The predicted octanol–water partition coefficient (Wildman–Crippen LogP) is 2.09. The second-order valence-electron chi connectivity index (χ2n) is 5.39. The average molecular weight is 291 g/mol. The Hall–Kier alpha value is -1.88. The van der Waals surface area contributed by atoms with Crippen LogP contribution >= 0.6 is 0 Å². The van der Waals surface area contributed by atoms with Gasteiger partial charge in [-0.15, -0.1) is 0 Å². The molecule has 0 bridgehead atoms. The third kappa shape index (κ3) is 4.04. The molecule has 0 aromatic heterocycles. The lowest BCUT2D eigenvalue weighted by molar-refractivity contribution is -0.144. The molecule has 5 heteroatoms. The highest BCUT2D eigenvalue weighted by molar-refractivity contribution is 5.82. The fraction of sp³-hybridized carbons (Fsp3) is 0.500. The van der Waals surface area contributed by atoms with E-state index in [1.807, 2.05) is 30.3 Å². The number of carbonyl (C=O) groups is 2. The lowest BCUT2D eigenvalue weighted by Crippen LogP contribution is -2.41. The van der Waals surface area contributed by atoms with E-state index in [0.29, 0.717) is 13.1 Å². The molecule has 0 saturated carbocycles. The summed E-state index contributed by atoms with van der Waals surface area (Å²) in [7, 11) is 1.53. The van der Waals surface area contributed by atoms with Crippen molar-refractivity contribution in [3.63, 3.8) is 0 Å². The largest absolute Gasteiger partial charge is 0.481 e. The number of hydrogen-bond acceptors (Lipinski definition) is 3. The van der Waals surface area contributed by atoms with Crippen LogP contribution < -0.4 is 0 Å². The van der Waals surface area contributed by atoms with Crippen molar-refractivity contribution < 1.29 is 19.4 Å². The molecule has 114 valence electrons. The van der Waals surface area contributed by atoms with Gasteiger partial charge in [0.15, 0.2) is 6.10 Å². The van der Waals surface area contributed by atoms with E-state index in [1.165, 1.54) is 7.11 Å². The highest BCUT2D eigenvalue weighted by atomic mass is 16.5. The smallest absolute Gasteiger partial charge is 0.303 e. The van der Waals surface area contributed by atoms with Gasteiger partial charge >= 0.3 is 5.97 Å². The Labute approximate surface area is 124 Å². The van der Waals surface area contributed by atoms with E-state index in [0.717, 1.165) is 18.4 Å². The van der Waals surface area contributed by atoms with Crippen LogP contribution in [0.25, 0.3) is 0 Å². The number of rotatable bonds is 5. The van der Waals surface area contributed by atoms with Gasteiger partial charge < -0.3 is 14.7 Å². The Kier molecular flexibility index (Phi) is 5.33. The van der Waals surface area contributed by atoms with Crippen LogP contribution in [0.2, 0.25) is 0 Å². The maximum Gasteiger partial charge on any atom is 0.303 e. The van der Waals surface area contributed by atoms with E-state index >= 15 is 0 Å². The van der Waals surface area contributed by atoms with E-state index in [2.05, 4.69) is 0 Å². The molecule has 1 aromatic carbocycles. The number of likely N-dealkylation sites (tertiary alicyclic amines) is 1. The van der Waals surface area contributed by atoms with Crippen molar-refractivity contribution in [3.8, 4) is 0 Å². The van der Waals surface area contributed by atoms with Gasteiger partial charge in [-0.2, -0.15) is 0 Å². The highest BCUT2D eigenvalue weighted by Crippen LogP contribution is 2.25. The molecular formula is C16H21NO4. The zero-order valence-electron chi connectivity index (χ0n) is 12.2. The molecule has 1 N–H and O–H groups in total. The molecule has 1 saturated heterocycles. The molecular weight excluding hydrogens is 270 g/mol. The van der Waals surface area contributed by atoms with Crippen molar-refractivity contribution in [2.24, 2.45) is 5.92 Å². The topological polar surface area (TPSA) is 66.8 Å². The lowest BCUT2D eigenvalue weighted by Gasteiger charge is -2.33. The van der Waals surface area contributed by atoms with Crippen LogP contribution in [-0.4, -0.2) is 42.1 Å². The van der Waals surface area contributed by atoms with Gasteiger partial charge in [-0.1, -0.05) is 30.3 Å². The van der Waals surface area contributed by atoms with Gasteiger partial charge in [-0.05, 0) is 24.3 Å². The fourth-order valence-corrected chi connectivity index (χ4v) is 2.78. The summed E-state index contributed by atoms with van der Waals surface area (Å²) in [6.45, 7) is 1.20. The van der Waals surface area contributed by atoms with Crippen molar-refractivity contribution >= 4 is 11.9 Å². The first-order chi connectivity index (χ1) is 10.1. The van der Waals surface area contributed by atoms with E-state index in [1.54, 1.807) is 4.90 Å². The zero-order chi connectivity index (χ0) is 15.2. The van der Waals surface area contributed by atoms with Crippen molar-refractivity contribution in [1.29, 1.82) is 0 Å². The standard InChI is InChI=1S/C16H21NO4/c1-21-15(13-5-3-2-4-6-13)16(20)17-9-7-12(8-10-17)11-14(18)19/h2-6,12,15H,7-11H2,1H3,(H,18,19). The van der Waals surface area contributed by atoms with Gasteiger partial charge in [0, 0.05) is 26.6 Å². The molecule has 0 spiro atoms. The number of nitrogens with zero attached hydrogens (tertiary/aromatic N) is 1. The minimum absolute atomic E-state index is 0.0440. The molecule has 1 aliphatic heterocycles. The summed E-state index contributed by atoms with van der Waals surface area (Å²) in [5, 5.41) is 8.82. The summed E-state index contributed by atoms with van der Waals surface area (Å²) in [5.74, 6) is -0.638. The summed E-state index contributed by atoms with van der Waals surface area (Å²) < 4.78 is 5.36. The van der Waals surface area contributed by atoms with Gasteiger partial charge in [0.05, 0.1) is 0 Å². The van der Waals surface area contributed by atoms with Crippen LogP contribution in [0, 0.1) is 5.92 Å². The average Bonchev–Trinajstić information content (AvgIpc) is 2.49. The molecule has 0 radical (unpaired) electrons. The molecule has 1 heterocycles. The number of ether oxygens (including phenoxy) is 1. The quantitative estimate of drug-likeness (QED) is 0.902. The number of benzene rings is 1. The van der Waals surface area contributed by atoms with E-state index in [9.17, 15) is 9.59 Å². The van der Waals surface area contributed by atoms with Gasteiger partial charge in [-0.3, -0.25) is 9.59 Å². The molecule has 5 nitrogen and oxygen atoms in total. The molecule has 2 rings (SSSR count). The van der Waals surface area contributed by atoms with Crippen molar-refractivity contribution in [3.05, 3.63) is 35.9 Å². The van der Waals surface area contributed by atoms with Gasteiger partial charge in [-0.25, -0.2) is 0 Å². The molecule has 1 unspecified atom stereocenters. The Morgan fingerprint density at radius 3 is 2.43 bits per heavy atom. The maximum atomic E-state index is 12.5. The van der Waals surface area contributed by atoms with Crippen molar-refractivity contribution in [1.82, 2.24) is 4.90 Å². The lowest BCUT2D eigenvalue weighted by atomic mass is 9.93. The van der Waals surface area contributed by atoms with Crippen LogP contribution in [0.15, 0.2) is 30.3 Å². The van der Waals surface area contributed by atoms with Crippen LogP contribution in [-0.2, 0) is 14.3 Å². The molecule has 0 aliphatic carbocycles. The van der Waals surface area contributed by atoms with E-state index in [4.69, 9.17) is 9.84 Å². The fourth-order valence-electron chi connectivity index (χ4n) is 2.78. The molecule has 1 aliphatic rings. The van der Waals surface area contributed by atoms with Gasteiger partial charge in [0.1, 0.15) is 0 Å². The third-order valence-electron chi connectivity index (χ3n) is 3.95. The van der Waals surface area contributed by atoms with Crippen molar-refractivity contribution in [2.75, 3.05) is 20.2 Å². The maximum absolute atomic E-state index is 12.5. The second-order valence-corrected chi connectivity index (χ2v) is 5.39. The van der Waals surface area contributed by atoms with E-state index in [-0.39, 0.29) is 18.2 Å². The second kappa shape index (κ2) is 7.22. The Bertz CT molecular complexity index is 480. The number of carbonyl (C=O) groups excluding carboxylic acids is 1. The third-order valence-corrected chi connectivity index (χ3v) is 3.95. The number of carboxylic acids is 1. The summed E-state index contributed by atoms with van der Waals surface area (Å²) in [4.78, 5) is 25.0. The first-order valence-electron chi connectivity index (χ1n) is 7.20. The SMILES string of the molecule is COC(C(=O)N1CCC(CC(=O)O)CC1)c1ccccc1. The van der Waals surface area contributed by atoms with Crippen LogP contribution in [0.3, 0.4) is 0 Å². The molecule has 1 fully saturated rings. The minimum Gasteiger partial charge on any atom is -0.481 e. The minimum atomic E-state index is -0.765. The first-order valence-corrected chi connectivity index (χ1v) is 7.20. The molecule has 1 aromatic rings. The molecule has 1 atom stereocenters. The highest BCUT2D eigenvalue weighted by Gasteiger charge is 2.29. The van der Waals surface area contributed by atoms with Gasteiger partial charge in [0.2, 0.25) is 0 Å². The molecule has 1 amide bonds. The zero-order valence-corrected chi connectivity index (χ0v) is 12.2. The Morgan fingerprint density at radius 2 is 1.90 bits per heavy atom. The summed E-state index contributed by atoms with van der Waals surface area (Å²) >= 11 is 0. The van der Waals surface area contributed by atoms with E-state index < -0.39 is 12.1 Å². The summed E-state index contributed by atoms with van der Waals surface area (Å²) in [6, 6.07) is 9.42.